The molecule has 0 heterocycles. The van der Waals surface area contributed by atoms with Gasteiger partial charge in [0.25, 0.3) is 0 Å². The number of ether oxygens (including phenoxy) is 3. The number of benzene rings is 1. The highest BCUT2D eigenvalue weighted by molar-refractivity contribution is 5.69. The zero-order chi connectivity index (χ0) is 25.2. The third-order valence-corrected chi connectivity index (χ3v) is 6.27. The van der Waals surface area contributed by atoms with E-state index in [2.05, 4.69) is 30.9 Å². The molecule has 1 aliphatic rings. The minimum atomic E-state index is -0.455. The van der Waals surface area contributed by atoms with E-state index < -0.39 is 6.09 Å². The summed E-state index contributed by atoms with van der Waals surface area (Å²) < 4.78 is 16.5. The number of hydrogen-bond donors (Lipinski definition) is 1. The van der Waals surface area contributed by atoms with Crippen molar-refractivity contribution in [2.45, 2.75) is 72.5 Å². The predicted octanol–water partition coefficient (Wildman–Crippen LogP) is 5.56. The molecule has 4 atom stereocenters. The topological polar surface area (TPSA) is 78.2 Å². The molecule has 2 rings (SSSR count). The van der Waals surface area contributed by atoms with E-state index in [0.29, 0.717) is 19.6 Å². The predicted molar refractivity (Wildman–Crippen MR) is 131 cm³/mol. The van der Waals surface area contributed by atoms with Crippen LogP contribution in [-0.2, 0) is 19.0 Å². The summed E-state index contributed by atoms with van der Waals surface area (Å²) in [6.07, 6.45) is 2.12. The molecule has 0 bridgehead atoms. The molecule has 0 aromatic heterocycles. The van der Waals surface area contributed by atoms with Crippen molar-refractivity contribution in [2.75, 3.05) is 26.3 Å². The van der Waals surface area contributed by atoms with E-state index in [1.807, 2.05) is 44.2 Å². The molecule has 188 valence electrons. The van der Waals surface area contributed by atoms with E-state index in [0.717, 1.165) is 24.8 Å². The van der Waals surface area contributed by atoms with Gasteiger partial charge in [0.05, 0.1) is 12.7 Å². The maximum absolute atomic E-state index is 12.4. The van der Waals surface area contributed by atoms with E-state index in [4.69, 9.17) is 20.8 Å². The number of nitrogens with zero attached hydrogens (tertiary/aromatic N) is 1. The highest BCUT2D eigenvalue weighted by atomic mass is 16.6. The number of carbonyl (C=O) groups excluding carboxylic acids is 2. The molecule has 4 unspecified atom stereocenters. The van der Waals surface area contributed by atoms with E-state index in [1.165, 1.54) is 0 Å². The average molecular weight is 473 g/mol. The highest BCUT2D eigenvalue weighted by Gasteiger charge is 2.42. The lowest BCUT2D eigenvalue weighted by Crippen LogP contribution is -2.44. The number of rotatable bonds is 11. The maximum atomic E-state index is 12.4. The lowest BCUT2D eigenvalue weighted by molar-refractivity contribution is -0.145. The van der Waals surface area contributed by atoms with Crippen LogP contribution < -0.4 is 5.32 Å². The lowest BCUT2D eigenvalue weighted by Gasteiger charge is -2.46. The van der Waals surface area contributed by atoms with Crippen LogP contribution in [0.15, 0.2) is 30.3 Å². The van der Waals surface area contributed by atoms with Crippen molar-refractivity contribution >= 4 is 12.1 Å². The van der Waals surface area contributed by atoms with Gasteiger partial charge in [0.2, 0.25) is 6.54 Å². The number of alkyl carbamates (subject to hydrolysis) is 1. The van der Waals surface area contributed by atoms with Crippen LogP contribution in [0.1, 0.15) is 72.0 Å². The van der Waals surface area contributed by atoms with Gasteiger partial charge in [-0.2, -0.15) is 0 Å². The number of nitrogens with one attached hydrogen (secondary N) is 1. The smallest absolute Gasteiger partial charge is 0.407 e. The minimum Gasteiger partial charge on any atom is -0.458 e. The fourth-order valence-corrected chi connectivity index (χ4v) is 5.27. The van der Waals surface area contributed by atoms with Gasteiger partial charge >= 0.3 is 12.1 Å². The van der Waals surface area contributed by atoms with Crippen LogP contribution in [0.4, 0.5) is 4.79 Å². The average Bonchev–Trinajstić information content (AvgIpc) is 2.75. The fourth-order valence-electron chi connectivity index (χ4n) is 5.27. The zero-order valence-corrected chi connectivity index (χ0v) is 21.3. The number of hydrogen-bond acceptors (Lipinski definition) is 5. The summed E-state index contributed by atoms with van der Waals surface area (Å²) in [5.41, 5.74) is 0.982. The normalized spacial score (nSPS) is 23.2. The van der Waals surface area contributed by atoms with Crippen molar-refractivity contribution in [3.8, 4) is 0 Å². The summed E-state index contributed by atoms with van der Waals surface area (Å²) in [5.74, 6) is -0.0709. The molecule has 1 amide bonds. The summed E-state index contributed by atoms with van der Waals surface area (Å²) in [4.78, 5) is 27.8. The van der Waals surface area contributed by atoms with E-state index >= 15 is 0 Å². The number of carbonyl (C=O) groups is 2. The second-order valence-electron chi connectivity index (χ2n) is 10.7. The molecule has 0 saturated heterocycles. The molecular weight excluding hydrogens is 432 g/mol. The fraction of sp³-hybridized carbons (Fsp3) is 0.667. The Morgan fingerprint density at radius 1 is 1.18 bits per heavy atom. The Morgan fingerprint density at radius 3 is 2.56 bits per heavy atom. The first kappa shape index (κ1) is 27.7. The zero-order valence-electron chi connectivity index (χ0n) is 21.3. The second kappa shape index (κ2) is 12.8. The quantitative estimate of drug-likeness (QED) is 0.259. The summed E-state index contributed by atoms with van der Waals surface area (Å²) in [7, 11) is 0. The van der Waals surface area contributed by atoms with Crippen LogP contribution in [-0.4, -0.2) is 44.5 Å². The van der Waals surface area contributed by atoms with Crippen molar-refractivity contribution in [1.29, 1.82) is 0 Å². The van der Waals surface area contributed by atoms with Crippen molar-refractivity contribution < 1.29 is 23.8 Å². The second-order valence-corrected chi connectivity index (χ2v) is 10.7. The van der Waals surface area contributed by atoms with E-state index in [9.17, 15) is 9.59 Å². The Bertz CT molecular complexity index is 835. The first-order valence-corrected chi connectivity index (χ1v) is 12.1. The molecule has 34 heavy (non-hydrogen) atoms. The molecule has 1 aromatic carbocycles. The molecule has 1 saturated carbocycles. The summed E-state index contributed by atoms with van der Waals surface area (Å²) in [6, 6.07) is 9.93. The SMILES string of the molecule is [C-]#[N+]CCOC(=O)CC1CC(C)(C)CC(C)(CNC(=O)OC(C)COC(C)c2ccccc2)C1. The van der Waals surface area contributed by atoms with Crippen molar-refractivity contribution in [1.82, 2.24) is 5.32 Å². The Kier molecular flexibility index (Phi) is 10.4. The van der Waals surface area contributed by atoms with Gasteiger partial charge in [0.1, 0.15) is 6.10 Å². The number of esters is 1. The van der Waals surface area contributed by atoms with Gasteiger partial charge in [-0.25, -0.2) is 11.4 Å². The van der Waals surface area contributed by atoms with Crippen LogP contribution >= 0.6 is 0 Å². The third-order valence-electron chi connectivity index (χ3n) is 6.27. The molecule has 7 heteroatoms. The Hall–Kier alpha value is -2.59. The van der Waals surface area contributed by atoms with Crippen LogP contribution in [0, 0.1) is 23.3 Å². The van der Waals surface area contributed by atoms with Crippen LogP contribution in [0.5, 0.6) is 0 Å². The highest BCUT2D eigenvalue weighted by Crippen LogP contribution is 2.49. The van der Waals surface area contributed by atoms with Crippen LogP contribution in [0.3, 0.4) is 0 Å². The monoisotopic (exact) mass is 472 g/mol. The molecule has 1 aliphatic carbocycles. The van der Waals surface area contributed by atoms with Gasteiger partial charge in [0, 0.05) is 13.0 Å². The summed E-state index contributed by atoms with van der Waals surface area (Å²) >= 11 is 0. The summed E-state index contributed by atoms with van der Waals surface area (Å²) in [6.45, 7) is 18.3. The molecule has 0 spiro atoms. The molecule has 0 radical (unpaired) electrons. The third kappa shape index (κ3) is 9.72. The molecule has 1 aromatic rings. The molecule has 1 N–H and O–H groups in total. The van der Waals surface area contributed by atoms with Gasteiger partial charge in [-0.1, -0.05) is 51.1 Å². The first-order chi connectivity index (χ1) is 16.0. The molecule has 1 fully saturated rings. The largest absolute Gasteiger partial charge is 0.458 e. The Labute approximate surface area is 204 Å². The van der Waals surface area contributed by atoms with Gasteiger partial charge in [-0.3, -0.25) is 4.79 Å². The first-order valence-electron chi connectivity index (χ1n) is 12.1. The van der Waals surface area contributed by atoms with Crippen LogP contribution in [0.2, 0.25) is 0 Å². The van der Waals surface area contributed by atoms with Crippen molar-refractivity contribution in [2.24, 2.45) is 16.7 Å². The van der Waals surface area contributed by atoms with Crippen molar-refractivity contribution in [3.05, 3.63) is 47.3 Å². The summed E-state index contributed by atoms with van der Waals surface area (Å²) in [5, 5.41) is 2.93. The maximum Gasteiger partial charge on any atom is 0.407 e. The minimum absolute atomic E-state index is 0.0503. The van der Waals surface area contributed by atoms with Gasteiger partial charge < -0.3 is 24.4 Å². The van der Waals surface area contributed by atoms with Crippen molar-refractivity contribution in [3.63, 3.8) is 0 Å². The Balaban J connectivity index is 1.79. The van der Waals surface area contributed by atoms with Gasteiger partial charge in [-0.05, 0) is 55.4 Å². The number of amides is 1. The standard InChI is InChI=1S/C27H40N2O5/c1-20(17-33-21(2)23-10-8-7-9-11-23)34-25(31)29-19-27(5)16-22(15-26(3,4)18-27)14-24(30)32-13-12-28-6/h7-11,20-22H,12-19H2,1-5H3,(H,29,31). The van der Waals surface area contributed by atoms with Crippen LogP contribution in [0.25, 0.3) is 4.85 Å². The van der Waals surface area contributed by atoms with E-state index in [-0.39, 0.29) is 48.1 Å². The molecule has 0 aliphatic heterocycles. The van der Waals surface area contributed by atoms with Gasteiger partial charge in [0.15, 0.2) is 6.61 Å². The lowest BCUT2D eigenvalue weighted by atomic mass is 9.60. The Morgan fingerprint density at radius 2 is 1.88 bits per heavy atom. The molecular formula is C27H40N2O5. The van der Waals surface area contributed by atoms with E-state index in [1.54, 1.807) is 0 Å². The molecule has 7 nitrogen and oxygen atoms in total. The van der Waals surface area contributed by atoms with Gasteiger partial charge in [-0.15, -0.1) is 0 Å².